The van der Waals surface area contributed by atoms with Crippen molar-refractivity contribution in [2.24, 2.45) is 0 Å². The van der Waals surface area contributed by atoms with Crippen LogP contribution in [-0.2, 0) is 0 Å². The first kappa shape index (κ1) is 12.5. The lowest BCUT2D eigenvalue weighted by Crippen LogP contribution is -2.12. The number of nitrogens with one attached hydrogen (secondary N) is 1. The Morgan fingerprint density at radius 3 is 2.50 bits per heavy atom. The van der Waals surface area contributed by atoms with E-state index in [1.807, 2.05) is 13.0 Å². The van der Waals surface area contributed by atoms with Crippen LogP contribution in [0.5, 0.6) is 5.75 Å². The van der Waals surface area contributed by atoms with Crippen molar-refractivity contribution >= 4 is 23.2 Å². The first-order valence-corrected chi connectivity index (χ1v) is 5.80. The number of carbonyl (C=O) groups excluding carboxylic acids is 1. The summed E-state index contributed by atoms with van der Waals surface area (Å²) in [7, 11) is 0. The Bertz CT molecular complexity index is 579. The van der Waals surface area contributed by atoms with E-state index in [-0.39, 0.29) is 11.7 Å². The molecule has 1 amide bonds. The normalized spacial score (nSPS) is 10.1. The van der Waals surface area contributed by atoms with Gasteiger partial charge in [-0.3, -0.25) is 4.79 Å². The lowest BCUT2D eigenvalue weighted by Gasteiger charge is -2.08. The molecule has 2 aromatic rings. The number of hydrogen-bond acceptors (Lipinski definition) is 2. The highest BCUT2D eigenvalue weighted by Gasteiger charge is 2.07. The number of carbonyl (C=O) groups is 1. The molecule has 0 fully saturated rings. The summed E-state index contributed by atoms with van der Waals surface area (Å²) >= 11 is 5.88. The molecular weight excluding hydrogens is 250 g/mol. The van der Waals surface area contributed by atoms with Gasteiger partial charge in [-0.25, -0.2) is 0 Å². The summed E-state index contributed by atoms with van der Waals surface area (Å²) in [6.45, 7) is 1.89. The van der Waals surface area contributed by atoms with Crippen molar-refractivity contribution in [3.63, 3.8) is 0 Å². The van der Waals surface area contributed by atoms with Gasteiger partial charge in [0, 0.05) is 16.3 Å². The van der Waals surface area contributed by atoms with Gasteiger partial charge in [0.2, 0.25) is 0 Å². The summed E-state index contributed by atoms with van der Waals surface area (Å²) in [4.78, 5) is 12.0. The second-order valence-corrected chi connectivity index (χ2v) is 4.40. The number of aromatic hydroxyl groups is 1. The van der Waals surface area contributed by atoms with Crippen LogP contribution in [0.1, 0.15) is 15.9 Å². The maximum Gasteiger partial charge on any atom is 0.255 e. The van der Waals surface area contributed by atoms with Crippen LogP contribution in [0.2, 0.25) is 5.02 Å². The molecule has 2 aromatic carbocycles. The summed E-state index contributed by atoms with van der Waals surface area (Å²) in [5, 5.41) is 12.5. The molecular formula is C14H12ClNO2. The zero-order valence-corrected chi connectivity index (χ0v) is 10.5. The summed E-state index contributed by atoms with van der Waals surface area (Å²) in [6, 6.07) is 11.4. The van der Waals surface area contributed by atoms with Crippen LogP contribution in [0.3, 0.4) is 0 Å². The number of aryl methyl sites for hydroxylation is 1. The highest BCUT2D eigenvalue weighted by atomic mass is 35.5. The largest absolute Gasteiger partial charge is 0.508 e. The second kappa shape index (κ2) is 5.10. The van der Waals surface area contributed by atoms with Gasteiger partial charge in [0.1, 0.15) is 5.75 Å². The Balaban J connectivity index is 2.21. The van der Waals surface area contributed by atoms with Gasteiger partial charge in [0.05, 0.1) is 0 Å². The van der Waals surface area contributed by atoms with Crippen LogP contribution in [0.25, 0.3) is 0 Å². The molecule has 3 nitrogen and oxygen atoms in total. The van der Waals surface area contributed by atoms with Crippen molar-refractivity contribution < 1.29 is 9.90 Å². The van der Waals surface area contributed by atoms with Crippen LogP contribution in [0.15, 0.2) is 42.5 Å². The van der Waals surface area contributed by atoms with E-state index in [1.54, 1.807) is 24.3 Å². The quantitative estimate of drug-likeness (QED) is 0.868. The summed E-state index contributed by atoms with van der Waals surface area (Å²) in [5.41, 5.74) is 2.10. The predicted octanol–water partition coefficient (Wildman–Crippen LogP) is 3.61. The molecule has 0 aliphatic carbocycles. The lowest BCUT2D eigenvalue weighted by molar-refractivity contribution is 0.102. The number of phenolic OH excluding ortho intramolecular Hbond substituents is 1. The molecule has 0 aliphatic heterocycles. The number of hydrogen-bond donors (Lipinski definition) is 2. The van der Waals surface area contributed by atoms with Crippen molar-refractivity contribution in [2.45, 2.75) is 6.92 Å². The van der Waals surface area contributed by atoms with Crippen molar-refractivity contribution in [2.75, 3.05) is 5.32 Å². The van der Waals surface area contributed by atoms with Crippen molar-refractivity contribution in [1.82, 2.24) is 0 Å². The monoisotopic (exact) mass is 261 g/mol. The lowest BCUT2D eigenvalue weighted by atomic mass is 10.1. The predicted molar refractivity (Wildman–Crippen MR) is 72.2 cm³/mol. The molecule has 0 saturated heterocycles. The van der Waals surface area contributed by atoms with Crippen LogP contribution in [-0.4, -0.2) is 11.0 Å². The first-order valence-electron chi connectivity index (χ1n) is 5.43. The third kappa shape index (κ3) is 2.81. The van der Waals surface area contributed by atoms with Gasteiger partial charge in [0.15, 0.2) is 0 Å². The summed E-state index contributed by atoms with van der Waals surface area (Å²) in [5.74, 6) is -0.106. The molecule has 18 heavy (non-hydrogen) atoms. The fourth-order valence-corrected chi connectivity index (χ4v) is 1.71. The zero-order valence-electron chi connectivity index (χ0n) is 9.77. The van der Waals surface area contributed by atoms with Crippen LogP contribution in [0, 0.1) is 6.92 Å². The molecule has 4 heteroatoms. The number of benzene rings is 2. The van der Waals surface area contributed by atoms with E-state index in [0.29, 0.717) is 16.3 Å². The molecule has 0 bridgehead atoms. The highest BCUT2D eigenvalue weighted by Crippen LogP contribution is 2.21. The number of amides is 1. The van der Waals surface area contributed by atoms with Crippen molar-refractivity contribution in [3.8, 4) is 5.75 Å². The molecule has 0 heterocycles. The van der Waals surface area contributed by atoms with Gasteiger partial charge >= 0.3 is 0 Å². The number of anilines is 1. The average molecular weight is 262 g/mol. The molecule has 92 valence electrons. The average Bonchev–Trinajstić information content (AvgIpc) is 2.34. The van der Waals surface area contributed by atoms with Crippen LogP contribution in [0.4, 0.5) is 5.69 Å². The maximum atomic E-state index is 12.0. The SMILES string of the molecule is Cc1ccc(Cl)cc1NC(=O)c1ccc(O)cc1. The van der Waals surface area contributed by atoms with Crippen LogP contribution >= 0.6 is 11.6 Å². The molecule has 0 aromatic heterocycles. The van der Waals surface area contributed by atoms with Gasteiger partial charge in [0.25, 0.3) is 5.91 Å². The summed E-state index contributed by atoms with van der Waals surface area (Å²) in [6.07, 6.45) is 0. The molecule has 0 radical (unpaired) electrons. The van der Waals surface area contributed by atoms with Crippen LogP contribution < -0.4 is 5.32 Å². The van der Waals surface area contributed by atoms with Gasteiger partial charge in [-0.1, -0.05) is 17.7 Å². The van der Waals surface area contributed by atoms with Crippen molar-refractivity contribution in [1.29, 1.82) is 0 Å². The Morgan fingerprint density at radius 1 is 1.17 bits per heavy atom. The third-order valence-electron chi connectivity index (χ3n) is 2.58. The standard InChI is InChI=1S/C14H12ClNO2/c1-9-2-5-11(15)8-13(9)16-14(18)10-3-6-12(17)7-4-10/h2-8,17H,1H3,(H,16,18). The Labute approximate surface area is 110 Å². The van der Waals surface area contributed by atoms with E-state index in [4.69, 9.17) is 16.7 Å². The molecule has 2 rings (SSSR count). The van der Waals surface area contributed by atoms with Gasteiger partial charge < -0.3 is 10.4 Å². The van der Waals surface area contributed by atoms with Gasteiger partial charge in [-0.2, -0.15) is 0 Å². The van der Waals surface area contributed by atoms with E-state index in [9.17, 15) is 4.79 Å². The van der Waals surface area contributed by atoms with E-state index >= 15 is 0 Å². The summed E-state index contributed by atoms with van der Waals surface area (Å²) < 4.78 is 0. The first-order chi connectivity index (χ1) is 8.56. The number of halogens is 1. The fourth-order valence-electron chi connectivity index (χ4n) is 1.54. The number of rotatable bonds is 2. The van der Waals surface area contributed by atoms with Crippen molar-refractivity contribution in [3.05, 3.63) is 58.6 Å². The highest BCUT2D eigenvalue weighted by molar-refractivity contribution is 6.31. The third-order valence-corrected chi connectivity index (χ3v) is 2.81. The molecule has 0 aliphatic rings. The van der Waals surface area contributed by atoms with Gasteiger partial charge in [-0.15, -0.1) is 0 Å². The molecule has 0 atom stereocenters. The Morgan fingerprint density at radius 2 is 1.83 bits per heavy atom. The van der Waals surface area contributed by atoms with E-state index in [1.165, 1.54) is 12.1 Å². The Kier molecular flexibility index (Phi) is 3.53. The van der Waals surface area contributed by atoms with E-state index in [2.05, 4.69) is 5.32 Å². The minimum atomic E-state index is -0.236. The fraction of sp³-hybridized carbons (Fsp3) is 0.0714. The van der Waals surface area contributed by atoms with Gasteiger partial charge in [-0.05, 0) is 48.9 Å². The zero-order chi connectivity index (χ0) is 13.1. The molecule has 0 saturated carbocycles. The minimum Gasteiger partial charge on any atom is -0.508 e. The minimum absolute atomic E-state index is 0.130. The number of phenols is 1. The second-order valence-electron chi connectivity index (χ2n) is 3.96. The molecule has 0 spiro atoms. The Hall–Kier alpha value is -2.00. The van der Waals surface area contributed by atoms with E-state index in [0.717, 1.165) is 5.56 Å². The maximum absolute atomic E-state index is 12.0. The molecule has 0 unspecified atom stereocenters. The topological polar surface area (TPSA) is 49.3 Å². The smallest absolute Gasteiger partial charge is 0.255 e. The van der Waals surface area contributed by atoms with E-state index < -0.39 is 0 Å². The molecule has 2 N–H and O–H groups in total.